The molecule has 170 valence electrons. The van der Waals surface area contributed by atoms with E-state index in [9.17, 15) is 22.8 Å². The first-order valence-corrected chi connectivity index (χ1v) is 12.0. The molecule has 1 aliphatic heterocycles. The van der Waals surface area contributed by atoms with Crippen molar-refractivity contribution in [3.05, 3.63) is 59.2 Å². The maximum Gasteiger partial charge on any atom is 0.261 e. The number of carbonyl (C=O) groups is 3. The van der Waals surface area contributed by atoms with Crippen molar-refractivity contribution in [1.82, 2.24) is 9.21 Å². The zero-order chi connectivity index (χ0) is 23.5. The predicted molar refractivity (Wildman–Crippen MR) is 121 cm³/mol. The minimum Gasteiger partial charge on any atom is -0.326 e. The van der Waals surface area contributed by atoms with E-state index in [4.69, 9.17) is 0 Å². The van der Waals surface area contributed by atoms with Gasteiger partial charge in [0, 0.05) is 31.7 Å². The summed E-state index contributed by atoms with van der Waals surface area (Å²) in [5, 5.41) is 2.75. The van der Waals surface area contributed by atoms with Gasteiger partial charge < -0.3 is 5.32 Å². The molecule has 0 saturated carbocycles. The van der Waals surface area contributed by atoms with Crippen molar-refractivity contribution in [2.24, 2.45) is 0 Å². The molecule has 0 fully saturated rings. The van der Waals surface area contributed by atoms with Crippen LogP contribution in [0.2, 0.25) is 0 Å². The minimum atomic E-state index is -3.64. The highest BCUT2D eigenvalue weighted by Gasteiger charge is 2.34. The first-order valence-electron chi connectivity index (χ1n) is 10.6. The van der Waals surface area contributed by atoms with Crippen LogP contribution in [-0.2, 0) is 14.8 Å². The summed E-state index contributed by atoms with van der Waals surface area (Å²) in [5.74, 6) is -1.02. The average Bonchev–Trinajstić information content (AvgIpc) is 3.01. The maximum absolute atomic E-state index is 12.8. The number of nitrogens with zero attached hydrogens (tertiary/aromatic N) is 2. The third kappa shape index (κ3) is 4.58. The van der Waals surface area contributed by atoms with Gasteiger partial charge in [-0.3, -0.25) is 19.3 Å². The Morgan fingerprint density at radius 3 is 2.16 bits per heavy atom. The second-order valence-corrected chi connectivity index (χ2v) is 9.46. The van der Waals surface area contributed by atoms with Gasteiger partial charge >= 0.3 is 0 Å². The number of rotatable bonds is 9. The Kier molecular flexibility index (Phi) is 7.10. The maximum atomic E-state index is 12.8. The second kappa shape index (κ2) is 9.62. The van der Waals surface area contributed by atoms with Crippen molar-refractivity contribution < 1.29 is 22.8 Å². The predicted octanol–water partition coefficient (Wildman–Crippen LogP) is 3.04. The van der Waals surface area contributed by atoms with Gasteiger partial charge in [0.2, 0.25) is 15.9 Å². The van der Waals surface area contributed by atoms with E-state index in [-0.39, 0.29) is 35.6 Å². The molecule has 8 nitrogen and oxygen atoms in total. The van der Waals surface area contributed by atoms with Gasteiger partial charge in [-0.15, -0.1) is 0 Å². The van der Waals surface area contributed by atoms with Gasteiger partial charge in [-0.25, -0.2) is 8.42 Å². The summed E-state index contributed by atoms with van der Waals surface area (Å²) in [6.07, 6.45) is 0.383. The molecule has 1 N–H and O–H groups in total. The number of fused-ring (bicyclic) bond motifs is 1. The number of anilines is 1. The molecule has 9 heteroatoms. The number of benzene rings is 2. The van der Waals surface area contributed by atoms with Crippen LogP contribution in [0.5, 0.6) is 0 Å². The molecule has 1 heterocycles. The van der Waals surface area contributed by atoms with E-state index in [0.717, 1.165) is 10.5 Å². The fraction of sp³-hybridized carbons (Fsp3) is 0.348. The number of sulfonamides is 1. The van der Waals surface area contributed by atoms with Crippen molar-refractivity contribution in [2.45, 2.75) is 38.5 Å². The standard InChI is InChI=1S/C23H27N3O5S/c1-4-25(5-2)32(30,31)17-13-12-16(3)20(15-17)24-21(27)11-8-14-26-22(28)18-9-6-7-10-19(18)23(26)29/h6-7,9-10,12-13,15H,4-5,8,11,14H2,1-3H3,(H,24,27). The summed E-state index contributed by atoms with van der Waals surface area (Å²) >= 11 is 0. The van der Waals surface area contributed by atoms with Crippen molar-refractivity contribution >= 4 is 33.4 Å². The lowest BCUT2D eigenvalue weighted by atomic mass is 10.1. The van der Waals surface area contributed by atoms with E-state index in [1.54, 1.807) is 51.1 Å². The van der Waals surface area contributed by atoms with Crippen molar-refractivity contribution in [2.75, 3.05) is 25.0 Å². The molecule has 3 rings (SSSR count). The molecule has 0 radical (unpaired) electrons. The van der Waals surface area contributed by atoms with Crippen LogP contribution in [0.1, 0.15) is 53.0 Å². The lowest BCUT2D eigenvalue weighted by Gasteiger charge is -2.19. The van der Waals surface area contributed by atoms with E-state index < -0.39 is 10.0 Å². The Hall–Kier alpha value is -3.04. The monoisotopic (exact) mass is 457 g/mol. The van der Waals surface area contributed by atoms with E-state index >= 15 is 0 Å². The smallest absolute Gasteiger partial charge is 0.261 e. The molecule has 0 saturated heterocycles. The number of hydrogen-bond donors (Lipinski definition) is 1. The SMILES string of the molecule is CCN(CC)S(=O)(=O)c1ccc(C)c(NC(=O)CCCN2C(=O)c3ccccc3C2=O)c1. The summed E-state index contributed by atoms with van der Waals surface area (Å²) in [4.78, 5) is 38.5. The highest BCUT2D eigenvalue weighted by atomic mass is 32.2. The van der Waals surface area contributed by atoms with Gasteiger partial charge in [-0.2, -0.15) is 4.31 Å². The summed E-state index contributed by atoms with van der Waals surface area (Å²) in [5.41, 5.74) is 1.91. The van der Waals surface area contributed by atoms with Crippen LogP contribution in [0.15, 0.2) is 47.4 Å². The largest absolute Gasteiger partial charge is 0.326 e. The highest BCUT2D eigenvalue weighted by molar-refractivity contribution is 7.89. The normalized spacial score (nSPS) is 13.6. The zero-order valence-electron chi connectivity index (χ0n) is 18.4. The summed E-state index contributed by atoms with van der Waals surface area (Å²) in [6, 6.07) is 11.3. The van der Waals surface area contributed by atoms with E-state index in [2.05, 4.69) is 5.32 Å². The van der Waals surface area contributed by atoms with Crippen LogP contribution in [0, 0.1) is 6.92 Å². The van der Waals surface area contributed by atoms with Gasteiger partial charge in [0.15, 0.2) is 0 Å². The molecule has 0 unspecified atom stereocenters. The Morgan fingerprint density at radius 1 is 1.00 bits per heavy atom. The Balaban J connectivity index is 1.62. The Morgan fingerprint density at radius 2 is 1.59 bits per heavy atom. The second-order valence-electron chi connectivity index (χ2n) is 7.53. The van der Waals surface area contributed by atoms with Gasteiger partial charge in [0.25, 0.3) is 11.8 Å². The van der Waals surface area contributed by atoms with Crippen LogP contribution in [-0.4, -0.2) is 55.0 Å². The van der Waals surface area contributed by atoms with E-state index in [0.29, 0.717) is 36.3 Å². The van der Waals surface area contributed by atoms with Gasteiger partial charge in [-0.1, -0.05) is 32.0 Å². The molecule has 0 aromatic heterocycles. The molecule has 2 aromatic rings. The molecular formula is C23H27N3O5S. The van der Waals surface area contributed by atoms with Crippen molar-refractivity contribution in [3.63, 3.8) is 0 Å². The molecule has 1 aliphatic rings. The van der Waals surface area contributed by atoms with Crippen LogP contribution in [0.4, 0.5) is 5.69 Å². The van der Waals surface area contributed by atoms with Crippen LogP contribution >= 0.6 is 0 Å². The van der Waals surface area contributed by atoms with Gasteiger partial charge in [-0.05, 0) is 43.2 Å². The van der Waals surface area contributed by atoms with Gasteiger partial charge in [0.05, 0.1) is 16.0 Å². The van der Waals surface area contributed by atoms with Gasteiger partial charge in [0.1, 0.15) is 0 Å². The van der Waals surface area contributed by atoms with E-state index in [1.807, 2.05) is 0 Å². The molecule has 0 spiro atoms. The van der Waals surface area contributed by atoms with E-state index in [1.165, 1.54) is 16.4 Å². The number of imide groups is 1. The molecule has 0 atom stereocenters. The molecule has 3 amide bonds. The number of hydrogen-bond acceptors (Lipinski definition) is 5. The van der Waals surface area contributed by atoms with Crippen LogP contribution in [0.3, 0.4) is 0 Å². The number of aryl methyl sites for hydroxylation is 1. The summed E-state index contributed by atoms with van der Waals surface area (Å²) in [6.45, 7) is 6.16. The molecule has 0 bridgehead atoms. The summed E-state index contributed by atoms with van der Waals surface area (Å²) in [7, 11) is -3.64. The fourth-order valence-electron chi connectivity index (χ4n) is 3.66. The first kappa shape index (κ1) is 23.6. The third-order valence-electron chi connectivity index (χ3n) is 5.49. The topological polar surface area (TPSA) is 104 Å². The van der Waals surface area contributed by atoms with Crippen molar-refractivity contribution in [3.8, 4) is 0 Å². The fourth-order valence-corrected chi connectivity index (χ4v) is 5.15. The quantitative estimate of drug-likeness (QED) is 0.583. The first-order chi connectivity index (χ1) is 15.2. The third-order valence-corrected chi connectivity index (χ3v) is 7.54. The highest BCUT2D eigenvalue weighted by Crippen LogP contribution is 2.24. The molecule has 32 heavy (non-hydrogen) atoms. The Labute approximate surface area is 188 Å². The molecule has 2 aromatic carbocycles. The van der Waals surface area contributed by atoms with Crippen molar-refractivity contribution in [1.29, 1.82) is 0 Å². The van der Waals surface area contributed by atoms with Crippen LogP contribution in [0.25, 0.3) is 0 Å². The lowest BCUT2D eigenvalue weighted by molar-refractivity contribution is -0.116. The lowest BCUT2D eigenvalue weighted by Crippen LogP contribution is -2.31. The average molecular weight is 458 g/mol. The van der Waals surface area contributed by atoms with Crippen LogP contribution < -0.4 is 5.32 Å². The zero-order valence-corrected chi connectivity index (χ0v) is 19.2. The summed E-state index contributed by atoms with van der Waals surface area (Å²) < 4.78 is 26.9. The molecule has 0 aliphatic carbocycles. The Bertz CT molecular complexity index is 1120. The minimum absolute atomic E-state index is 0.0832. The number of carbonyl (C=O) groups excluding carboxylic acids is 3. The molecular weight excluding hydrogens is 430 g/mol. The number of amides is 3. The number of nitrogens with one attached hydrogen (secondary N) is 1.